The van der Waals surface area contributed by atoms with Crippen molar-refractivity contribution in [3.63, 3.8) is 0 Å². The predicted octanol–water partition coefficient (Wildman–Crippen LogP) is 4.59. The van der Waals surface area contributed by atoms with Crippen molar-refractivity contribution in [3.05, 3.63) is 94.2 Å². The fourth-order valence-corrected chi connectivity index (χ4v) is 3.29. The number of ether oxygens (including phenoxy) is 1. The number of benzene rings is 3. The number of non-ortho nitro benzene ring substituents is 1. The summed E-state index contributed by atoms with van der Waals surface area (Å²) in [6.45, 7) is 0. The summed E-state index contributed by atoms with van der Waals surface area (Å²) in [5.74, 6) is -0.351. The minimum absolute atomic E-state index is 0.125. The van der Waals surface area contributed by atoms with E-state index in [-0.39, 0.29) is 22.5 Å². The van der Waals surface area contributed by atoms with Crippen molar-refractivity contribution in [3.8, 4) is 5.75 Å². The Morgan fingerprint density at radius 1 is 0.938 bits per heavy atom. The number of para-hydroxylation sites is 2. The second-order valence-electron chi connectivity index (χ2n) is 6.87. The Balaban J connectivity index is 1.58. The highest BCUT2D eigenvalue weighted by Gasteiger charge is 2.19. The topological polar surface area (TPSA) is 126 Å². The van der Waals surface area contributed by atoms with Crippen LogP contribution in [-0.2, 0) is 0 Å². The zero-order valence-corrected chi connectivity index (χ0v) is 16.9. The molecule has 0 spiro atoms. The molecule has 32 heavy (non-hydrogen) atoms. The fourth-order valence-electron chi connectivity index (χ4n) is 3.29. The number of nitro benzene ring substituents is 1. The van der Waals surface area contributed by atoms with Crippen LogP contribution in [0.2, 0.25) is 0 Å². The van der Waals surface area contributed by atoms with E-state index >= 15 is 0 Å². The number of anilines is 2. The van der Waals surface area contributed by atoms with Crippen LogP contribution in [0.15, 0.2) is 72.8 Å². The Kier molecular flexibility index (Phi) is 5.54. The third-order valence-corrected chi connectivity index (χ3v) is 4.82. The van der Waals surface area contributed by atoms with Crippen LogP contribution < -0.4 is 15.4 Å². The minimum atomic E-state index is -0.530. The largest absolute Gasteiger partial charge is 0.497 e. The van der Waals surface area contributed by atoms with E-state index in [1.165, 1.54) is 19.2 Å². The lowest BCUT2D eigenvalue weighted by Crippen LogP contribution is -2.18. The first kappa shape index (κ1) is 20.6. The highest BCUT2D eigenvalue weighted by molar-refractivity contribution is 6.13. The van der Waals surface area contributed by atoms with Crippen molar-refractivity contribution in [1.29, 1.82) is 0 Å². The molecule has 9 heteroatoms. The molecular weight excluding hydrogens is 412 g/mol. The van der Waals surface area contributed by atoms with Gasteiger partial charge in [0, 0.05) is 23.2 Å². The molecule has 0 bridgehead atoms. The molecule has 4 rings (SSSR count). The van der Waals surface area contributed by atoms with Crippen LogP contribution in [0, 0.1) is 10.1 Å². The second kappa shape index (κ2) is 8.60. The van der Waals surface area contributed by atoms with Gasteiger partial charge in [0.05, 0.1) is 23.3 Å². The quantitative estimate of drug-likeness (QED) is 0.305. The lowest BCUT2D eigenvalue weighted by atomic mass is 10.1. The molecular formula is C23H18N4O5. The van der Waals surface area contributed by atoms with Gasteiger partial charge in [-0.2, -0.15) is 0 Å². The molecule has 1 heterocycles. The maximum absolute atomic E-state index is 12.8. The van der Waals surface area contributed by atoms with Crippen LogP contribution >= 0.6 is 0 Å². The predicted molar refractivity (Wildman–Crippen MR) is 120 cm³/mol. The van der Waals surface area contributed by atoms with E-state index < -0.39 is 16.7 Å². The molecule has 0 saturated heterocycles. The molecule has 0 aliphatic carbocycles. The monoisotopic (exact) mass is 430 g/mol. The number of H-pyrrole nitrogens is 1. The zero-order valence-electron chi connectivity index (χ0n) is 16.9. The van der Waals surface area contributed by atoms with Crippen molar-refractivity contribution in [2.45, 2.75) is 0 Å². The number of hydrogen-bond acceptors (Lipinski definition) is 5. The second-order valence-corrected chi connectivity index (χ2v) is 6.87. The minimum Gasteiger partial charge on any atom is -0.497 e. The number of nitro groups is 1. The molecule has 0 aliphatic heterocycles. The summed E-state index contributed by atoms with van der Waals surface area (Å²) < 4.78 is 5.16. The van der Waals surface area contributed by atoms with Gasteiger partial charge in [-0.15, -0.1) is 0 Å². The van der Waals surface area contributed by atoms with Gasteiger partial charge in [-0.1, -0.05) is 30.3 Å². The molecule has 1 aromatic heterocycles. The van der Waals surface area contributed by atoms with E-state index in [9.17, 15) is 19.7 Å². The van der Waals surface area contributed by atoms with Crippen LogP contribution in [0.5, 0.6) is 5.75 Å². The van der Waals surface area contributed by atoms with Gasteiger partial charge in [0.15, 0.2) is 0 Å². The first-order chi connectivity index (χ1) is 15.5. The summed E-state index contributed by atoms with van der Waals surface area (Å²) in [5.41, 5.74) is 1.36. The van der Waals surface area contributed by atoms with E-state index in [4.69, 9.17) is 4.74 Å². The number of fused-ring (bicyclic) bond motifs is 1. The molecule has 3 N–H and O–H groups in total. The van der Waals surface area contributed by atoms with Gasteiger partial charge in [-0.3, -0.25) is 19.7 Å². The normalized spacial score (nSPS) is 10.5. The van der Waals surface area contributed by atoms with E-state index in [0.29, 0.717) is 22.5 Å². The molecule has 4 aromatic rings. The van der Waals surface area contributed by atoms with Gasteiger partial charge in [0.2, 0.25) is 0 Å². The summed E-state index contributed by atoms with van der Waals surface area (Å²) in [4.78, 5) is 39.2. The number of aromatic amines is 1. The van der Waals surface area contributed by atoms with E-state index in [1.807, 2.05) is 0 Å². The Labute approximate surface area is 182 Å². The molecule has 0 aliphatic rings. The van der Waals surface area contributed by atoms with Crippen molar-refractivity contribution in [1.82, 2.24) is 4.98 Å². The van der Waals surface area contributed by atoms with Crippen LogP contribution in [-0.4, -0.2) is 28.8 Å². The molecule has 160 valence electrons. The summed E-state index contributed by atoms with van der Waals surface area (Å²) >= 11 is 0. The van der Waals surface area contributed by atoms with Crippen LogP contribution in [0.1, 0.15) is 20.8 Å². The van der Waals surface area contributed by atoms with Crippen molar-refractivity contribution < 1.29 is 19.2 Å². The maximum Gasteiger partial charge on any atom is 0.293 e. The van der Waals surface area contributed by atoms with Gasteiger partial charge in [0.1, 0.15) is 17.0 Å². The Bertz CT molecular complexity index is 1350. The van der Waals surface area contributed by atoms with Crippen molar-refractivity contribution in [2.75, 3.05) is 17.7 Å². The number of nitrogens with zero attached hydrogens (tertiary/aromatic N) is 1. The third-order valence-electron chi connectivity index (χ3n) is 4.82. The van der Waals surface area contributed by atoms with Crippen molar-refractivity contribution in [2.24, 2.45) is 0 Å². The smallest absolute Gasteiger partial charge is 0.293 e. The standard InChI is InChI=1S/C23H18N4O5/c1-32-16-8-5-7-15(13-16)24-22(28)17-9-2-3-10-18(17)26-23(29)19-12-14-6-4-11-20(27(30)31)21(14)25-19/h2-13,25H,1H3,(H,24,28)(H,26,29). The van der Waals surface area contributed by atoms with Gasteiger partial charge in [-0.25, -0.2) is 0 Å². The number of aromatic nitrogens is 1. The van der Waals surface area contributed by atoms with E-state index in [0.717, 1.165) is 0 Å². The number of carbonyl (C=O) groups excluding carboxylic acids is 2. The highest BCUT2D eigenvalue weighted by atomic mass is 16.6. The molecule has 0 radical (unpaired) electrons. The number of nitrogens with one attached hydrogen (secondary N) is 3. The van der Waals surface area contributed by atoms with Gasteiger partial charge in [0.25, 0.3) is 17.5 Å². The van der Waals surface area contributed by atoms with Crippen LogP contribution in [0.3, 0.4) is 0 Å². The van der Waals surface area contributed by atoms with E-state index in [2.05, 4.69) is 15.6 Å². The number of amides is 2. The summed E-state index contributed by atoms with van der Waals surface area (Å²) in [6.07, 6.45) is 0. The number of rotatable bonds is 6. The molecule has 2 amide bonds. The Morgan fingerprint density at radius 3 is 2.50 bits per heavy atom. The van der Waals surface area contributed by atoms with E-state index in [1.54, 1.807) is 60.7 Å². The lowest BCUT2D eigenvalue weighted by molar-refractivity contribution is -0.383. The zero-order chi connectivity index (χ0) is 22.7. The average Bonchev–Trinajstić information content (AvgIpc) is 3.24. The molecule has 0 atom stereocenters. The molecule has 3 aromatic carbocycles. The number of carbonyl (C=O) groups is 2. The average molecular weight is 430 g/mol. The first-order valence-electron chi connectivity index (χ1n) is 9.58. The summed E-state index contributed by atoms with van der Waals surface area (Å²) in [7, 11) is 1.53. The lowest BCUT2D eigenvalue weighted by Gasteiger charge is -2.11. The van der Waals surface area contributed by atoms with Crippen LogP contribution in [0.4, 0.5) is 17.1 Å². The molecule has 0 saturated carbocycles. The molecule has 0 unspecified atom stereocenters. The summed E-state index contributed by atoms with van der Waals surface area (Å²) in [5, 5.41) is 17.2. The van der Waals surface area contributed by atoms with Crippen LogP contribution in [0.25, 0.3) is 10.9 Å². The summed E-state index contributed by atoms with van der Waals surface area (Å²) in [6, 6.07) is 19.6. The van der Waals surface area contributed by atoms with Gasteiger partial charge >= 0.3 is 0 Å². The number of hydrogen-bond donors (Lipinski definition) is 3. The Morgan fingerprint density at radius 2 is 1.72 bits per heavy atom. The maximum atomic E-state index is 12.8. The third kappa shape index (κ3) is 4.12. The fraction of sp³-hybridized carbons (Fsp3) is 0.0435. The van der Waals surface area contributed by atoms with Gasteiger partial charge in [-0.05, 0) is 30.3 Å². The molecule has 0 fully saturated rings. The Hall–Kier alpha value is -4.66. The van der Waals surface area contributed by atoms with Gasteiger partial charge < -0.3 is 20.4 Å². The SMILES string of the molecule is COc1cccc(NC(=O)c2ccccc2NC(=O)c2cc3cccc([N+](=O)[O-])c3[nH]2)c1. The first-order valence-corrected chi connectivity index (χ1v) is 9.58. The number of methoxy groups -OCH3 is 1. The van der Waals surface area contributed by atoms with Crippen molar-refractivity contribution >= 4 is 39.8 Å². The molecule has 9 nitrogen and oxygen atoms in total. The highest BCUT2D eigenvalue weighted by Crippen LogP contribution is 2.26.